The smallest absolute Gasteiger partial charge is 0.234 e. The summed E-state index contributed by atoms with van der Waals surface area (Å²) in [7, 11) is 1.73. The lowest BCUT2D eigenvalue weighted by Gasteiger charge is -2.34. The summed E-state index contributed by atoms with van der Waals surface area (Å²) in [4.78, 5) is 17.0. The number of nitrogens with zero attached hydrogens (tertiary/aromatic N) is 2. The Hall–Kier alpha value is -1.63. The van der Waals surface area contributed by atoms with E-state index in [0.717, 1.165) is 57.1 Å². The van der Waals surface area contributed by atoms with E-state index < -0.39 is 0 Å². The van der Waals surface area contributed by atoms with Gasteiger partial charge in [-0.1, -0.05) is 18.2 Å². The third-order valence-corrected chi connectivity index (χ3v) is 4.74. The lowest BCUT2D eigenvalue weighted by Crippen LogP contribution is -2.50. The minimum Gasteiger partial charge on any atom is -0.493 e. The number of carbonyl (C=O) groups excluding carboxylic acids is 1. The van der Waals surface area contributed by atoms with Gasteiger partial charge in [0.15, 0.2) is 0 Å². The van der Waals surface area contributed by atoms with Crippen LogP contribution in [0.25, 0.3) is 0 Å². The number of carbonyl (C=O) groups is 1. The van der Waals surface area contributed by atoms with Crippen molar-refractivity contribution in [3.05, 3.63) is 29.8 Å². The van der Waals surface area contributed by atoms with E-state index in [9.17, 15) is 4.79 Å². The van der Waals surface area contributed by atoms with E-state index in [-0.39, 0.29) is 11.9 Å². The van der Waals surface area contributed by atoms with Crippen LogP contribution in [0.3, 0.4) is 0 Å². The number of fused-ring (bicyclic) bond motifs is 1. The van der Waals surface area contributed by atoms with Gasteiger partial charge < -0.3 is 14.8 Å². The summed E-state index contributed by atoms with van der Waals surface area (Å²) in [5.41, 5.74) is 1.08. The molecule has 0 spiro atoms. The minimum atomic E-state index is 0.0606. The summed E-state index contributed by atoms with van der Waals surface area (Å²) < 4.78 is 10.8. The van der Waals surface area contributed by atoms with Gasteiger partial charge in [-0.15, -0.1) is 0 Å². The van der Waals surface area contributed by atoms with Crippen molar-refractivity contribution in [3.63, 3.8) is 0 Å². The molecule has 1 fully saturated rings. The summed E-state index contributed by atoms with van der Waals surface area (Å²) in [6, 6.07) is 8.02. The molecule has 0 saturated carbocycles. The van der Waals surface area contributed by atoms with Crippen molar-refractivity contribution in [3.8, 4) is 5.75 Å². The van der Waals surface area contributed by atoms with E-state index in [4.69, 9.17) is 9.47 Å². The number of piperazine rings is 1. The third-order valence-electron chi connectivity index (χ3n) is 4.74. The fraction of sp³-hybridized carbons (Fsp3) is 0.611. The molecule has 3 rings (SSSR count). The first kappa shape index (κ1) is 17.2. The van der Waals surface area contributed by atoms with E-state index >= 15 is 0 Å². The van der Waals surface area contributed by atoms with Gasteiger partial charge in [0.2, 0.25) is 5.91 Å². The van der Waals surface area contributed by atoms with Gasteiger partial charge in [-0.2, -0.15) is 0 Å². The van der Waals surface area contributed by atoms with Crippen molar-refractivity contribution in [1.29, 1.82) is 0 Å². The van der Waals surface area contributed by atoms with Crippen molar-refractivity contribution in [1.82, 2.24) is 15.1 Å². The first-order valence-electron chi connectivity index (χ1n) is 8.71. The van der Waals surface area contributed by atoms with Crippen molar-refractivity contribution in [2.75, 3.05) is 59.6 Å². The average Bonchev–Trinajstić information content (AvgIpc) is 2.61. The summed E-state index contributed by atoms with van der Waals surface area (Å²) >= 11 is 0. The number of nitrogens with one attached hydrogen (secondary N) is 1. The van der Waals surface area contributed by atoms with Gasteiger partial charge in [0.05, 0.1) is 25.8 Å². The van der Waals surface area contributed by atoms with E-state index in [1.165, 1.54) is 0 Å². The molecule has 0 unspecified atom stereocenters. The lowest BCUT2D eigenvalue weighted by atomic mass is 10.0. The zero-order valence-electron chi connectivity index (χ0n) is 14.4. The summed E-state index contributed by atoms with van der Waals surface area (Å²) in [6.45, 7) is 6.72. The van der Waals surface area contributed by atoms with Crippen LogP contribution in [0, 0.1) is 0 Å². The average molecular weight is 333 g/mol. The van der Waals surface area contributed by atoms with Crippen LogP contribution in [-0.4, -0.2) is 75.3 Å². The molecule has 24 heavy (non-hydrogen) atoms. The minimum absolute atomic E-state index is 0.0606. The normalized spacial score (nSPS) is 21.8. The van der Waals surface area contributed by atoms with Crippen molar-refractivity contribution >= 4 is 5.91 Å². The molecular formula is C18H27N3O3. The number of amides is 1. The van der Waals surface area contributed by atoms with Gasteiger partial charge in [-0.25, -0.2) is 0 Å². The van der Waals surface area contributed by atoms with E-state index in [1.807, 2.05) is 24.3 Å². The largest absolute Gasteiger partial charge is 0.493 e. The van der Waals surface area contributed by atoms with Crippen molar-refractivity contribution in [2.45, 2.75) is 12.5 Å². The number of rotatable bonds is 6. The van der Waals surface area contributed by atoms with Crippen LogP contribution in [0.4, 0.5) is 0 Å². The maximum Gasteiger partial charge on any atom is 0.234 e. The van der Waals surface area contributed by atoms with Gasteiger partial charge >= 0.3 is 0 Å². The van der Waals surface area contributed by atoms with Crippen LogP contribution in [-0.2, 0) is 9.53 Å². The fourth-order valence-corrected chi connectivity index (χ4v) is 3.33. The quantitative estimate of drug-likeness (QED) is 0.838. The van der Waals surface area contributed by atoms with Crippen molar-refractivity contribution < 1.29 is 14.3 Å². The summed E-state index contributed by atoms with van der Waals surface area (Å²) in [5.74, 6) is 0.989. The maximum absolute atomic E-state index is 12.4. The van der Waals surface area contributed by atoms with Crippen LogP contribution < -0.4 is 10.1 Å². The highest BCUT2D eigenvalue weighted by Gasteiger charge is 2.24. The maximum atomic E-state index is 12.4. The number of hydrogen-bond donors (Lipinski definition) is 1. The van der Waals surface area contributed by atoms with Crippen LogP contribution in [0.2, 0.25) is 0 Å². The number of ether oxygens (including phenoxy) is 2. The Morgan fingerprint density at radius 3 is 2.79 bits per heavy atom. The lowest BCUT2D eigenvalue weighted by molar-refractivity contribution is -0.123. The molecule has 0 bridgehead atoms. The third kappa shape index (κ3) is 4.47. The molecule has 1 amide bonds. The zero-order valence-corrected chi connectivity index (χ0v) is 14.4. The van der Waals surface area contributed by atoms with Crippen LogP contribution >= 0.6 is 0 Å². The number of hydrogen-bond acceptors (Lipinski definition) is 5. The number of methoxy groups -OCH3 is 1. The first-order valence-corrected chi connectivity index (χ1v) is 8.71. The topological polar surface area (TPSA) is 54.0 Å². The van der Waals surface area contributed by atoms with E-state index in [0.29, 0.717) is 13.2 Å². The standard InChI is InChI=1S/C18H27N3O3/c1-23-13-11-20-7-9-21(10-8-20)14-18(22)19-16-6-12-24-17-5-3-2-4-15(16)17/h2-5,16H,6-14H2,1H3,(H,19,22)/t16-/m0/s1. The SMILES string of the molecule is COCCN1CCN(CC(=O)N[C@H]2CCOc3ccccc32)CC1. The van der Waals surface area contributed by atoms with Gasteiger partial charge in [-0.3, -0.25) is 14.6 Å². The molecule has 1 N–H and O–H groups in total. The molecule has 1 aromatic rings. The summed E-state index contributed by atoms with van der Waals surface area (Å²) in [5, 5.41) is 3.17. The van der Waals surface area contributed by atoms with E-state index in [2.05, 4.69) is 15.1 Å². The van der Waals surface area contributed by atoms with E-state index in [1.54, 1.807) is 7.11 Å². The predicted molar refractivity (Wildman–Crippen MR) is 92.2 cm³/mol. The number of para-hydroxylation sites is 1. The molecule has 6 nitrogen and oxygen atoms in total. The molecule has 1 atom stereocenters. The number of benzene rings is 1. The molecule has 6 heteroatoms. The first-order chi connectivity index (χ1) is 11.8. The summed E-state index contributed by atoms with van der Waals surface area (Å²) in [6.07, 6.45) is 0.827. The highest BCUT2D eigenvalue weighted by molar-refractivity contribution is 5.78. The van der Waals surface area contributed by atoms with Gasteiger partial charge in [0.1, 0.15) is 5.75 Å². The van der Waals surface area contributed by atoms with Crippen LogP contribution in [0.5, 0.6) is 5.75 Å². The van der Waals surface area contributed by atoms with Gasteiger partial charge in [-0.05, 0) is 6.07 Å². The Balaban J connectivity index is 1.46. The Bertz CT molecular complexity index is 544. The highest BCUT2D eigenvalue weighted by Crippen LogP contribution is 2.31. The highest BCUT2D eigenvalue weighted by atomic mass is 16.5. The second-order valence-corrected chi connectivity index (χ2v) is 6.41. The molecule has 0 aliphatic carbocycles. The molecule has 2 heterocycles. The van der Waals surface area contributed by atoms with Crippen LogP contribution in [0.15, 0.2) is 24.3 Å². The van der Waals surface area contributed by atoms with Crippen molar-refractivity contribution in [2.24, 2.45) is 0 Å². The molecule has 2 aliphatic heterocycles. The molecule has 1 aromatic carbocycles. The molecule has 2 aliphatic rings. The fourth-order valence-electron chi connectivity index (χ4n) is 3.33. The molecular weight excluding hydrogens is 306 g/mol. The Morgan fingerprint density at radius 2 is 2.00 bits per heavy atom. The molecule has 1 saturated heterocycles. The van der Waals surface area contributed by atoms with Gasteiger partial charge in [0.25, 0.3) is 0 Å². The molecule has 0 aromatic heterocycles. The molecule has 132 valence electrons. The second-order valence-electron chi connectivity index (χ2n) is 6.41. The monoisotopic (exact) mass is 333 g/mol. The Kier molecular flexibility index (Phi) is 6.07. The Labute approximate surface area is 143 Å². The van der Waals surface area contributed by atoms with Crippen LogP contribution in [0.1, 0.15) is 18.0 Å². The molecule has 0 radical (unpaired) electrons. The predicted octanol–water partition coefficient (Wildman–Crippen LogP) is 0.890. The zero-order chi connectivity index (χ0) is 16.8. The second kappa shape index (κ2) is 8.46. The van der Waals surface area contributed by atoms with Gasteiger partial charge in [0, 0.05) is 51.8 Å². The Morgan fingerprint density at radius 1 is 1.25 bits per heavy atom.